The summed E-state index contributed by atoms with van der Waals surface area (Å²) in [5.41, 5.74) is 8.71. The molecule has 2 rings (SSSR count). The molecule has 0 aliphatic rings. The van der Waals surface area contributed by atoms with Gasteiger partial charge in [-0.15, -0.1) is 0 Å². The first-order valence-corrected chi connectivity index (χ1v) is 11.0. The van der Waals surface area contributed by atoms with Crippen LogP contribution in [0.5, 0.6) is 11.5 Å². The van der Waals surface area contributed by atoms with Crippen LogP contribution in [0.2, 0.25) is 0 Å². The fourth-order valence-electron chi connectivity index (χ4n) is 2.83. The average Bonchev–Trinajstić information content (AvgIpc) is 2.87. The van der Waals surface area contributed by atoms with Crippen LogP contribution in [0.4, 0.5) is 0 Å². The van der Waals surface area contributed by atoms with Crippen molar-refractivity contribution in [2.24, 2.45) is 0 Å². The number of unbranched alkanes of at least 4 members (excludes halogenated alkanes) is 4. The Morgan fingerprint density at radius 3 is 1.59 bits per heavy atom. The number of ether oxygens (including phenoxy) is 2. The summed E-state index contributed by atoms with van der Waals surface area (Å²) < 4.78 is 10.6. The highest BCUT2D eigenvalue weighted by Gasteiger charge is 2.16. The largest absolute Gasteiger partial charge is 0.497 e. The Bertz CT molecular complexity index is 960. The molecule has 0 saturated heterocycles. The van der Waals surface area contributed by atoms with Crippen molar-refractivity contribution in [2.75, 3.05) is 13.7 Å². The quantitative estimate of drug-likeness (QED) is 0.239. The molecule has 0 aliphatic heterocycles. The zero-order chi connectivity index (χ0) is 24.8. The number of carbonyl (C=O) groups is 4. The van der Waals surface area contributed by atoms with Crippen LogP contribution < -0.4 is 31.2 Å². The molecule has 0 aliphatic carbocycles. The summed E-state index contributed by atoms with van der Waals surface area (Å²) in [7, 11) is 1.49. The van der Waals surface area contributed by atoms with E-state index in [9.17, 15) is 19.2 Å². The summed E-state index contributed by atoms with van der Waals surface area (Å²) >= 11 is 0. The molecule has 0 bridgehead atoms. The third-order valence-electron chi connectivity index (χ3n) is 4.77. The number of hydrogen-bond donors (Lipinski definition) is 4. The molecule has 4 amide bonds. The van der Waals surface area contributed by atoms with E-state index in [0.29, 0.717) is 18.1 Å². The van der Waals surface area contributed by atoms with Crippen molar-refractivity contribution in [1.82, 2.24) is 21.7 Å². The second-order valence-electron chi connectivity index (χ2n) is 7.33. The lowest BCUT2D eigenvalue weighted by Crippen LogP contribution is -2.52. The molecular weight excluding hydrogens is 440 g/mol. The van der Waals surface area contributed by atoms with Crippen molar-refractivity contribution in [2.45, 2.75) is 39.0 Å². The van der Waals surface area contributed by atoms with Crippen LogP contribution in [0.15, 0.2) is 48.5 Å². The van der Waals surface area contributed by atoms with Gasteiger partial charge >= 0.3 is 11.8 Å². The Morgan fingerprint density at radius 1 is 0.647 bits per heavy atom. The summed E-state index contributed by atoms with van der Waals surface area (Å²) in [5.74, 6) is -2.36. The summed E-state index contributed by atoms with van der Waals surface area (Å²) in [6, 6.07) is 12.5. The van der Waals surface area contributed by atoms with Crippen molar-refractivity contribution in [3.8, 4) is 11.5 Å². The number of rotatable bonds is 10. The highest BCUT2D eigenvalue weighted by atomic mass is 16.5. The van der Waals surface area contributed by atoms with Crippen LogP contribution in [-0.2, 0) is 9.59 Å². The van der Waals surface area contributed by atoms with Crippen LogP contribution in [0.25, 0.3) is 0 Å². The second kappa shape index (κ2) is 14.1. The first-order chi connectivity index (χ1) is 16.4. The van der Waals surface area contributed by atoms with Gasteiger partial charge in [-0.3, -0.25) is 40.9 Å². The third kappa shape index (κ3) is 8.81. The van der Waals surface area contributed by atoms with Gasteiger partial charge in [-0.2, -0.15) is 0 Å². The number of benzene rings is 2. The van der Waals surface area contributed by atoms with Crippen LogP contribution in [0.3, 0.4) is 0 Å². The van der Waals surface area contributed by atoms with E-state index < -0.39 is 23.6 Å². The number of hydrazine groups is 2. The van der Waals surface area contributed by atoms with Crippen LogP contribution >= 0.6 is 0 Å². The molecule has 0 atom stereocenters. The predicted molar refractivity (Wildman–Crippen MR) is 125 cm³/mol. The SMILES string of the molecule is CCCCCCCOc1ccc(C(=O)NNC(=O)C(=O)NNC(=O)c2ccc(OC)cc2)cc1. The molecule has 34 heavy (non-hydrogen) atoms. The van der Waals surface area contributed by atoms with Crippen molar-refractivity contribution in [3.63, 3.8) is 0 Å². The van der Waals surface area contributed by atoms with Gasteiger partial charge in [0.1, 0.15) is 11.5 Å². The normalized spacial score (nSPS) is 10.1. The molecule has 182 valence electrons. The van der Waals surface area contributed by atoms with E-state index in [4.69, 9.17) is 9.47 Å². The van der Waals surface area contributed by atoms with E-state index in [2.05, 4.69) is 17.8 Å². The first kappa shape index (κ1) is 26.2. The fraction of sp³-hybridized carbons (Fsp3) is 0.333. The number of methoxy groups -OCH3 is 1. The highest BCUT2D eigenvalue weighted by molar-refractivity contribution is 6.35. The topological polar surface area (TPSA) is 135 Å². The van der Waals surface area contributed by atoms with Gasteiger partial charge in [0.2, 0.25) is 0 Å². The Kier molecular flexibility index (Phi) is 10.9. The van der Waals surface area contributed by atoms with Gasteiger partial charge in [-0.1, -0.05) is 32.6 Å². The van der Waals surface area contributed by atoms with Crippen molar-refractivity contribution >= 4 is 23.6 Å². The van der Waals surface area contributed by atoms with Gasteiger partial charge in [0.25, 0.3) is 11.8 Å². The van der Waals surface area contributed by atoms with Crippen LogP contribution in [0, 0.1) is 0 Å². The molecule has 0 spiro atoms. The standard InChI is InChI=1S/C24H30N4O6/c1-3-4-5-6-7-16-34-20-14-10-18(11-15-20)22(30)26-28-24(32)23(31)27-25-21(29)17-8-12-19(33-2)13-9-17/h8-15H,3-7,16H2,1-2H3,(H,25,29)(H,26,30)(H,27,31)(H,28,32). The smallest absolute Gasteiger partial charge is 0.329 e. The molecule has 2 aromatic carbocycles. The van der Waals surface area contributed by atoms with Crippen LogP contribution in [-0.4, -0.2) is 37.3 Å². The Hall–Kier alpha value is -4.08. The zero-order valence-corrected chi connectivity index (χ0v) is 19.3. The molecule has 0 saturated carbocycles. The van der Waals surface area contributed by atoms with Crippen molar-refractivity contribution < 1.29 is 28.7 Å². The van der Waals surface area contributed by atoms with E-state index >= 15 is 0 Å². The molecule has 10 nitrogen and oxygen atoms in total. The second-order valence-corrected chi connectivity index (χ2v) is 7.33. The molecule has 0 heterocycles. The maximum atomic E-state index is 12.2. The lowest BCUT2D eigenvalue weighted by molar-refractivity contribution is -0.140. The molecular formula is C24H30N4O6. The highest BCUT2D eigenvalue weighted by Crippen LogP contribution is 2.13. The predicted octanol–water partition coefficient (Wildman–Crippen LogP) is 2.27. The number of carbonyl (C=O) groups excluding carboxylic acids is 4. The summed E-state index contributed by atoms with van der Waals surface area (Å²) in [4.78, 5) is 47.8. The Balaban J connectivity index is 1.70. The first-order valence-electron chi connectivity index (χ1n) is 11.0. The number of nitrogens with one attached hydrogen (secondary N) is 4. The monoisotopic (exact) mass is 470 g/mol. The Morgan fingerprint density at radius 2 is 1.12 bits per heavy atom. The van der Waals surface area contributed by atoms with Gasteiger partial charge in [0, 0.05) is 11.1 Å². The van der Waals surface area contributed by atoms with E-state index in [1.54, 1.807) is 36.4 Å². The molecule has 4 N–H and O–H groups in total. The van der Waals surface area contributed by atoms with E-state index in [1.165, 1.54) is 38.5 Å². The van der Waals surface area contributed by atoms with Crippen LogP contribution in [0.1, 0.15) is 59.7 Å². The van der Waals surface area contributed by atoms with Gasteiger partial charge in [0.05, 0.1) is 13.7 Å². The maximum Gasteiger partial charge on any atom is 0.329 e. The average molecular weight is 471 g/mol. The van der Waals surface area contributed by atoms with Gasteiger partial charge < -0.3 is 9.47 Å². The zero-order valence-electron chi connectivity index (χ0n) is 19.3. The van der Waals surface area contributed by atoms with Gasteiger partial charge in [0.15, 0.2) is 0 Å². The maximum absolute atomic E-state index is 12.2. The van der Waals surface area contributed by atoms with Gasteiger partial charge in [-0.25, -0.2) is 0 Å². The summed E-state index contributed by atoms with van der Waals surface area (Å²) in [5, 5.41) is 0. The van der Waals surface area contributed by atoms with E-state index in [-0.39, 0.29) is 11.1 Å². The summed E-state index contributed by atoms with van der Waals surface area (Å²) in [6.45, 7) is 2.77. The molecule has 0 fully saturated rings. The number of amides is 4. The van der Waals surface area contributed by atoms with E-state index in [0.717, 1.165) is 12.8 Å². The molecule has 2 aromatic rings. The molecule has 0 radical (unpaired) electrons. The van der Waals surface area contributed by atoms with Crippen molar-refractivity contribution in [1.29, 1.82) is 0 Å². The molecule has 10 heteroatoms. The summed E-state index contributed by atoms with van der Waals surface area (Å²) in [6.07, 6.45) is 5.69. The minimum Gasteiger partial charge on any atom is -0.497 e. The molecule has 0 aromatic heterocycles. The fourth-order valence-corrected chi connectivity index (χ4v) is 2.83. The van der Waals surface area contributed by atoms with Crippen molar-refractivity contribution in [3.05, 3.63) is 59.7 Å². The van der Waals surface area contributed by atoms with E-state index in [1.807, 2.05) is 10.9 Å². The Labute approximate surface area is 198 Å². The van der Waals surface area contributed by atoms with Gasteiger partial charge in [-0.05, 0) is 55.0 Å². The lowest BCUT2D eigenvalue weighted by Gasteiger charge is -2.10. The number of hydrogen-bond acceptors (Lipinski definition) is 6. The minimum atomic E-state index is -1.16. The molecule has 0 unspecified atom stereocenters. The third-order valence-corrected chi connectivity index (χ3v) is 4.77. The lowest BCUT2D eigenvalue weighted by atomic mass is 10.2. The minimum absolute atomic E-state index is 0.249.